The summed E-state index contributed by atoms with van der Waals surface area (Å²) in [5.74, 6) is -0.651. The van der Waals surface area contributed by atoms with Crippen LogP contribution in [-0.4, -0.2) is 18.7 Å². The first kappa shape index (κ1) is 15.7. The maximum Gasteiger partial charge on any atom is 0.265 e. The Balaban J connectivity index is 1.80. The molecule has 22 heavy (non-hydrogen) atoms. The largest absolute Gasteiger partial charge is 0.386 e. The second-order valence-electron chi connectivity index (χ2n) is 4.67. The fraction of sp³-hybridized carbons (Fsp3) is 0.176. The number of carbonyl (C=O) groups is 1. The highest BCUT2D eigenvalue weighted by Crippen LogP contribution is 2.10. The van der Waals surface area contributed by atoms with Crippen LogP contribution in [0.15, 0.2) is 53.7 Å². The van der Waals surface area contributed by atoms with E-state index in [4.69, 9.17) is 4.84 Å². The number of hydrogen-bond acceptors (Lipinski definition) is 3. The lowest BCUT2D eigenvalue weighted by Gasteiger charge is -2.05. The minimum absolute atomic E-state index is 0.206. The molecular weight excluding hydrogens is 283 g/mol. The third kappa shape index (κ3) is 5.01. The van der Waals surface area contributed by atoms with Gasteiger partial charge in [-0.2, -0.15) is 0 Å². The zero-order chi connectivity index (χ0) is 15.8. The number of carbonyl (C=O) groups excluding carboxylic acids is 1. The van der Waals surface area contributed by atoms with Crippen LogP contribution in [0.1, 0.15) is 18.1 Å². The fourth-order valence-corrected chi connectivity index (χ4v) is 1.85. The lowest BCUT2D eigenvalue weighted by molar-refractivity contribution is -0.120. The Labute approximate surface area is 128 Å². The molecule has 1 N–H and O–H groups in total. The van der Waals surface area contributed by atoms with Crippen molar-refractivity contribution in [3.05, 3.63) is 65.5 Å². The summed E-state index contributed by atoms with van der Waals surface area (Å²) >= 11 is 0. The number of amides is 1. The van der Waals surface area contributed by atoms with Crippen molar-refractivity contribution in [1.82, 2.24) is 0 Å². The molecule has 114 valence electrons. The molecule has 0 fully saturated rings. The molecule has 0 aliphatic carbocycles. The van der Waals surface area contributed by atoms with Crippen molar-refractivity contribution in [2.75, 3.05) is 11.9 Å². The van der Waals surface area contributed by atoms with Crippen molar-refractivity contribution in [3.8, 4) is 0 Å². The molecule has 2 aromatic rings. The minimum atomic E-state index is -0.350. The van der Waals surface area contributed by atoms with Gasteiger partial charge in [0, 0.05) is 5.69 Å². The van der Waals surface area contributed by atoms with E-state index in [1.54, 1.807) is 12.1 Å². The number of aryl methyl sites for hydroxylation is 1. The van der Waals surface area contributed by atoms with Gasteiger partial charge in [0.1, 0.15) is 5.82 Å². The molecule has 0 bridgehead atoms. The van der Waals surface area contributed by atoms with E-state index in [0.29, 0.717) is 5.56 Å². The molecular formula is C17H17FN2O2. The van der Waals surface area contributed by atoms with Crippen molar-refractivity contribution in [2.45, 2.75) is 13.3 Å². The summed E-state index contributed by atoms with van der Waals surface area (Å²) < 4.78 is 12.9. The summed E-state index contributed by atoms with van der Waals surface area (Å²) in [6.45, 7) is 1.84. The van der Waals surface area contributed by atoms with E-state index < -0.39 is 0 Å². The summed E-state index contributed by atoms with van der Waals surface area (Å²) in [6, 6.07) is 13.5. The highest BCUT2D eigenvalue weighted by Gasteiger charge is 2.03. The van der Waals surface area contributed by atoms with Crippen molar-refractivity contribution in [3.63, 3.8) is 0 Å². The first-order valence-corrected chi connectivity index (χ1v) is 6.97. The molecule has 0 saturated heterocycles. The second-order valence-corrected chi connectivity index (χ2v) is 4.67. The molecule has 0 aromatic heterocycles. The highest BCUT2D eigenvalue weighted by atomic mass is 19.1. The van der Waals surface area contributed by atoms with Crippen LogP contribution in [0.2, 0.25) is 0 Å². The second kappa shape index (κ2) is 7.93. The van der Waals surface area contributed by atoms with Gasteiger partial charge < -0.3 is 10.2 Å². The standard InChI is InChI=1S/C17H17FN2O2/c1-2-13-5-4-8-16(10-13)20-17(21)12-22-19-11-14-6-3-7-15(18)9-14/h3-11H,2,12H2,1H3,(H,20,21)/b19-11-. The summed E-state index contributed by atoms with van der Waals surface area (Å²) in [4.78, 5) is 16.6. The predicted molar refractivity (Wildman–Crippen MR) is 84.4 cm³/mol. The quantitative estimate of drug-likeness (QED) is 0.657. The Morgan fingerprint density at radius 1 is 1.27 bits per heavy atom. The third-order valence-electron chi connectivity index (χ3n) is 2.94. The average Bonchev–Trinajstić information content (AvgIpc) is 2.52. The van der Waals surface area contributed by atoms with Crippen molar-refractivity contribution >= 4 is 17.8 Å². The fourth-order valence-electron chi connectivity index (χ4n) is 1.85. The first-order chi connectivity index (χ1) is 10.7. The topological polar surface area (TPSA) is 50.7 Å². The van der Waals surface area contributed by atoms with E-state index >= 15 is 0 Å². The van der Waals surface area contributed by atoms with Crippen LogP contribution in [0.5, 0.6) is 0 Å². The number of hydrogen-bond donors (Lipinski definition) is 1. The molecule has 0 aliphatic heterocycles. The van der Waals surface area contributed by atoms with Crippen molar-refractivity contribution in [1.29, 1.82) is 0 Å². The van der Waals surface area contributed by atoms with Gasteiger partial charge in [0.15, 0.2) is 6.61 Å². The Bertz CT molecular complexity index is 671. The predicted octanol–water partition coefficient (Wildman–Crippen LogP) is 3.38. The highest BCUT2D eigenvalue weighted by molar-refractivity contribution is 5.91. The molecule has 4 nitrogen and oxygen atoms in total. The smallest absolute Gasteiger partial charge is 0.265 e. The number of nitrogens with one attached hydrogen (secondary N) is 1. The lowest BCUT2D eigenvalue weighted by atomic mass is 10.1. The third-order valence-corrected chi connectivity index (χ3v) is 2.94. The Hall–Kier alpha value is -2.69. The van der Waals surface area contributed by atoms with Crippen LogP contribution in [0.25, 0.3) is 0 Å². The number of anilines is 1. The molecule has 0 radical (unpaired) electrons. The Kier molecular flexibility index (Phi) is 5.65. The molecule has 0 atom stereocenters. The molecule has 2 aromatic carbocycles. The maximum atomic E-state index is 12.9. The van der Waals surface area contributed by atoms with Gasteiger partial charge in [-0.1, -0.05) is 36.3 Å². The van der Waals surface area contributed by atoms with E-state index in [1.165, 1.54) is 18.3 Å². The van der Waals surface area contributed by atoms with Gasteiger partial charge in [0.25, 0.3) is 5.91 Å². The van der Waals surface area contributed by atoms with Gasteiger partial charge in [0.2, 0.25) is 0 Å². The number of benzene rings is 2. The average molecular weight is 300 g/mol. The molecule has 0 unspecified atom stereocenters. The number of rotatable bonds is 6. The Morgan fingerprint density at radius 3 is 2.86 bits per heavy atom. The van der Waals surface area contributed by atoms with Crippen molar-refractivity contribution in [2.24, 2.45) is 5.16 Å². The monoisotopic (exact) mass is 300 g/mol. The molecule has 0 saturated carbocycles. The Morgan fingerprint density at radius 2 is 2.09 bits per heavy atom. The van der Waals surface area contributed by atoms with Gasteiger partial charge in [0.05, 0.1) is 6.21 Å². The molecule has 0 spiro atoms. The van der Waals surface area contributed by atoms with Gasteiger partial charge in [-0.25, -0.2) is 4.39 Å². The number of nitrogens with zero attached hydrogens (tertiary/aromatic N) is 1. The summed E-state index contributed by atoms with van der Waals surface area (Å²) in [5, 5.41) is 6.37. The van der Waals surface area contributed by atoms with Gasteiger partial charge in [-0.05, 0) is 41.8 Å². The van der Waals surface area contributed by atoms with E-state index in [-0.39, 0.29) is 18.3 Å². The normalized spacial score (nSPS) is 10.6. The molecule has 0 aliphatic rings. The zero-order valence-electron chi connectivity index (χ0n) is 12.3. The molecule has 1 amide bonds. The van der Waals surface area contributed by atoms with E-state index in [2.05, 4.69) is 10.5 Å². The SMILES string of the molecule is CCc1cccc(NC(=O)CO/N=C\c2cccc(F)c2)c1. The minimum Gasteiger partial charge on any atom is -0.386 e. The summed E-state index contributed by atoms with van der Waals surface area (Å²) in [7, 11) is 0. The first-order valence-electron chi connectivity index (χ1n) is 6.97. The van der Waals surface area contributed by atoms with Gasteiger partial charge in [-0.15, -0.1) is 0 Å². The molecule has 2 rings (SSSR count). The number of oxime groups is 1. The summed E-state index contributed by atoms with van der Waals surface area (Å²) in [5.41, 5.74) is 2.43. The molecule has 5 heteroatoms. The van der Waals surface area contributed by atoms with E-state index in [1.807, 2.05) is 31.2 Å². The van der Waals surface area contributed by atoms with Gasteiger partial charge >= 0.3 is 0 Å². The van der Waals surface area contributed by atoms with Crippen LogP contribution in [0.4, 0.5) is 10.1 Å². The lowest BCUT2D eigenvalue weighted by Crippen LogP contribution is -2.17. The molecule has 0 heterocycles. The van der Waals surface area contributed by atoms with Crippen LogP contribution in [0, 0.1) is 5.82 Å². The van der Waals surface area contributed by atoms with Crippen LogP contribution < -0.4 is 5.32 Å². The van der Waals surface area contributed by atoms with E-state index in [0.717, 1.165) is 17.7 Å². The van der Waals surface area contributed by atoms with Crippen molar-refractivity contribution < 1.29 is 14.0 Å². The van der Waals surface area contributed by atoms with Crippen LogP contribution >= 0.6 is 0 Å². The zero-order valence-corrected chi connectivity index (χ0v) is 12.3. The van der Waals surface area contributed by atoms with Crippen LogP contribution in [-0.2, 0) is 16.1 Å². The maximum absolute atomic E-state index is 12.9. The summed E-state index contributed by atoms with van der Waals surface area (Å²) in [6.07, 6.45) is 2.26. The van der Waals surface area contributed by atoms with Crippen LogP contribution in [0.3, 0.4) is 0 Å². The van der Waals surface area contributed by atoms with E-state index in [9.17, 15) is 9.18 Å². The number of halogens is 1. The van der Waals surface area contributed by atoms with Gasteiger partial charge in [-0.3, -0.25) is 4.79 Å².